The van der Waals surface area contributed by atoms with Gasteiger partial charge in [0.1, 0.15) is 17.3 Å². The zero-order valence-electron chi connectivity index (χ0n) is 25.3. The molecule has 40 heavy (non-hydrogen) atoms. The van der Waals surface area contributed by atoms with E-state index in [0.29, 0.717) is 25.0 Å². The normalized spacial score (nSPS) is 16.3. The van der Waals surface area contributed by atoms with Crippen LogP contribution < -0.4 is 0 Å². The molecule has 4 heteroatoms. The first-order valence-electron chi connectivity index (χ1n) is 15.5. The Morgan fingerprint density at radius 1 is 0.925 bits per heavy atom. The SMILES string of the molecule is CCCC(=O)CCCc1ccc(-c2ccc(C)c3c2CC(CC(CCC)C(CC)C(=O)CC(C)=O)CC3=O)cc1. The van der Waals surface area contributed by atoms with Crippen LogP contribution in [0.25, 0.3) is 11.1 Å². The molecule has 3 unspecified atom stereocenters. The molecule has 0 amide bonds. The van der Waals surface area contributed by atoms with Gasteiger partial charge in [0.25, 0.3) is 0 Å². The van der Waals surface area contributed by atoms with Gasteiger partial charge < -0.3 is 0 Å². The van der Waals surface area contributed by atoms with Gasteiger partial charge in [0, 0.05) is 30.7 Å². The van der Waals surface area contributed by atoms with E-state index in [1.54, 1.807) is 0 Å². The standard InChI is InChI=1S/C36H48O4/c1-6-10-29(31(8-3)34(39)20-25(5)37)21-27-22-33-32(19-14-24(4)36(33)35(40)23-27)28-17-15-26(16-18-28)12-9-13-30(38)11-7-2/h14-19,27,29,31H,6-13,20-23H2,1-5H3. The molecule has 0 N–H and O–H groups in total. The third kappa shape index (κ3) is 8.32. The predicted octanol–water partition coefficient (Wildman–Crippen LogP) is 8.48. The van der Waals surface area contributed by atoms with E-state index >= 15 is 0 Å². The number of carbonyl (C=O) groups is 4. The Labute approximate surface area is 241 Å². The molecule has 1 aliphatic rings. The van der Waals surface area contributed by atoms with Gasteiger partial charge in [-0.3, -0.25) is 19.2 Å². The van der Waals surface area contributed by atoms with Crippen LogP contribution in [0.4, 0.5) is 0 Å². The number of hydrogen-bond acceptors (Lipinski definition) is 4. The Balaban J connectivity index is 1.81. The molecule has 0 aliphatic heterocycles. The van der Waals surface area contributed by atoms with E-state index < -0.39 is 0 Å². The molecule has 2 aromatic rings. The molecule has 216 valence electrons. The average Bonchev–Trinajstić information content (AvgIpc) is 2.89. The van der Waals surface area contributed by atoms with E-state index in [9.17, 15) is 19.2 Å². The number of rotatable bonds is 16. The monoisotopic (exact) mass is 544 g/mol. The number of Topliss-reactive ketones (excluding diaryl/α,β-unsaturated/α-hetero) is 4. The highest BCUT2D eigenvalue weighted by Gasteiger charge is 2.34. The van der Waals surface area contributed by atoms with Crippen LogP contribution in [0.5, 0.6) is 0 Å². The number of fused-ring (bicyclic) bond motifs is 1. The van der Waals surface area contributed by atoms with E-state index in [1.807, 2.05) is 20.8 Å². The van der Waals surface area contributed by atoms with Crippen molar-refractivity contribution in [2.45, 2.75) is 112 Å². The van der Waals surface area contributed by atoms with Crippen molar-refractivity contribution in [1.82, 2.24) is 0 Å². The van der Waals surface area contributed by atoms with Crippen molar-refractivity contribution in [3.8, 4) is 11.1 Å². The van der Waals surface area contributed by atoms with Gasteiger partial charge in [-0.2, -0.15) is 0 Å². The molecule has 0 heterocycles. The highest BCUT2D eigenvalue weighted by molar-refractivity contribution is 6.02. The van der Waals surface area contributed by atoms with Gasteiger partial charge in [-0.1, -0.05) is 70.0 Å². The smallest absolute Gasteiger partial charge is 0.163 e. The van der Waals surface area contributed by atoms with Crippen molar-refractivity contribution in [3.63, 3.8) is 0 Å². The second-order valence-corrected chi connectivity index (χ2v) is 12.0. The van der Waals surface area contributed by atoms with Crippen LogP contribution in [0.15, 0.2) is 36.4 Å². The molecule has 0 bridgehead atoms. The number of hydrogen-bond donors (Lipinski definition) is 0. The second-order valence-electron chi connectivity index (χ2n) is 12.0. The van der Waals surface area contributed by atoms with Crippen molar-refractivity contribution >= 4 is 23.1 Å². The lowest BCUT2D eigenvalue weighted by atomic mass is 9.71. The summed E-state index contributed by atoms with van der Waals surface area (Å²) in [6, 6.07) is 12.8. The van der Waals surface area contributed by atoms with Crippen LogP contribution in [0, 0.1) is 24.7 Å². The summed E-state index contributed by atoms with van der Waals surface area (Å²) in [5, 5.41) is 0. The van der Waals surface area contributed by atoms with Gasteiger partial charge in [-0.15, -0.1) is 0 Å². The third-order valence-corrected chi connectivity index (χ3v) is 8.62. The molecule has 0 spiro atoms. The van der Waals surface area contributed by atoms with Crippen molar-refractivity contribution in [2.75, 3.05) is 0 Å². The molecule has 0 radical (unpaired) electrons. The summed E-state index contributed by atoms with van der Waals surface area (Å²) in [5.41, 5.74) is 6.50. The van der Waals surface area contributed by atoms with E-state index in [1.165, 1.54) is 12.5 Å². The first-order valence-corrected chi connectivity index (χ1v) is 15.5. The fourth-order valence-electron chi connectivity index (χ4n) is 6.75. The molecule has 3 rings (SSSR count). The van der Waals surface area contributed by atoms with Crippen molar-refractivity contribution in [1.29, 1.82) is 0 Å². The van der Waals surface area contributed by atoms with Crippen LogP contribution in [-0.4, -0.2) is 23.1 Å². The Morgan fingerprint density at radius 2 is 1.65 bits per heavy atom. The van der Waals surface area contributed by atoms with E-state index in [4.69, 9.17) is 0 Å². The Kier molecular flexibility index (Phi) is 12.0. The molecular weight excluding hydrogens is 496 g/mol. The number of benzene rings is 2. The van der Waals surface area contributed by atoms with Crippen LogP contribution in [0.2, 0.25) is 0 Å². The molecule has 3 atom stereocenters. The largest absolute Gasteiger partial charge is 0.300 e. The Morgan fingerprint density at radius 3 is 2.27 bits per heavy atom. The van der Waals surface area contributed by atoms with Gasteiger partial charge in [0.2, 0.25) is 0 Å². The summed E-state index contributed by atoms with van der Waals surface area (Å²) >= 11 is 0. The minimum absolute atomic E-state index is 0.0134. The van der Waals surface area contributed by atoms with Gasteiger partial charge in [-0.05, 0) is 92.0 Å². The van der Waals surface area contributed by atoms with Crippen molar-refractivity contribution < 1.29 is 19.2 Å². The predicted molar refractivity (Wildman–Crippen MR) is 163 cm³/mol. The van der Waals surface area contributed by atoms with Gasteiger partial charge >= 0.3 is 0 Å². The second kappa shape index (κ2) is 15.2. The number of aryl methyl sites for hydroxylation is 2. The quantitative estimate of drug-likeness (QED) is 0.199. The molecule has 0 saturated carbocycles. The highest BCUT2D eigenvalue weighted by Crippen LogP contribution is 2.40. The molecule has 1 aliphatic carbocycles. The molecule has 2 aromatic carbocycles. The van der Waals surface area contributed by atoms with Crippen molar-refractivity contribution in [3.05, 3.63) is 58.7 Å². The Bertz CT molecular complexity index is 1190. The zero-order chi connectivity index (χ0) is 29.2. The minimum atomic E-state index is -0.123. The van der Waals surface area contributed by atoms with Gasteiger partial charge in [0.15, 0.2) is 5.78 Å². The highest BCUT2D eigenvalue weighted by atomic mass is 16.1. The van der Waals surface area contributed by atoms with E-state index in [0.717, 1.165) is 79.2 Å². The summed E-state index contributed by atoms with van der Waals surface area (Å²) in [6.45, 7) is 9.74. The van der Waals surface area contributed by atoms with E-state index in [2.05, 4.69) is 43.3 Å². The first kappa shape index (κ1) is 31.6. The molecule has 0 saturated heterocycles. The maximum Gasteiger partial charge on any atom is 0.163 e. The van der Waals surface area contributed by atoms with Gasteiger partial charge in [-0.25, -0.2) is 0 Å². The molecule has 4 nitrogen and oxygen atoms in total. The maximum absolute atomic E-state index is 13.5. The van der Waals surface area contributed by atoms with Crippen molar-refractivity contribution in [2.24, 2.45) is 17.8 Å². The van der Waals surface area contributed by atoms with Crippen LogP contribution in [-0.2, 0) is 27.2 Å². The number of carbonyl (C=O) groups excluding carboxylic acids is 4. The van der Waals surface area contributed by atoms with E-state index in [-0.39, 0.29) is 41.5 Å². The summed E-state index contributed by atoms with van der Waals surface area (Å²) in [5.74, 6) is 0.798. The number of ketones is 4. The fraction of sp³-hybridized carbons (Fsp3) is 0.556. The molecular formula is C36H48O4. The zero-order valence-corrected chi connectivity index (χ0v) is 25.3. The first-order chi connectivity index (χ1) is 19.2. The van der Waals surface area contributed by atoms with Crippen LogP contribution in [0.1, 0.15) is 119 Å². The van der Waals surface area contributed by atoms with Crippen LogP contribution >= 0.6 is 0 Å². The summed E-state index contributed by atoms with van der Waals surface area (Å²) in [4.78, 5) is 50.0. The molecule has 0 fully saturated rings. The summed E-state index contributed by atoms with van der Waals surface area (Å²) in [6.07, 6.45) is 8.84. The lowest BCUT2D eigenvalue weighted by Gasteiger charge is -2.32. The lowest BCUT2D eigenvalue weighted by Crippen LogP contribution is -2.30. The fourth-order valence-corrected chi connectivity index (χ4v) is 6.75. The maximum atomic E-state index is 13.5. The topological polar surface area (TPSA) is 68.3 Å². The molecule has 0 aromatic heterocycles. The third-order valence-electron chi connectivity index (χ3n) is 8.62. The average molecular weight is 545 g/mol. The summed E-state index contributed by atoms with van der Waals surface area (Å²) < 4.78 is 0. The Hall–Kier alpha value is -2.88. The summed E-state index contributed by atoms with van der Waals surface area (Å²) in [7, 11) is 0. The van der Waals surface area contributed by atoms with Crippen LogP contribution in [0.3, 0.4) is 0 Å². The van der Waals surface area contributed by atoms with Gasteiger partial charge in [0.05, 0.1) is 6.42 Å². The lowest BCUT2D eigenvalue weighted by molar-refractivity contribution is -0.130. The minimum Gasteiger partial charge on any atom is -0.300 e.